The number of fused-ring (bicyclic) bond motifs is 1. The molecule has 0 radical (unpaired) electrons. The van der Waals surface area contributed by atoms with Crippen molar-refractivity contribution in [1.29, 1.82) is 0 Å². The third-order valence-electron chi connectivity index (χ3n) is 5.68. The maximum atomic E-state index is 5.33. The van der Waals surface area contributed by atoms with Crippen molar-refractivity contribution in [2.45, 2.75) is 26.7 Å². The summed E-state index contributed by atoms with van der Waals surface area (Å²) in [7, 11) is 1.70. The predicted molar refractivity (Wildman–Crippen MR) is 127 cm³/mol. The molecule has 152 valence electrons. The number of aliphatic imine (C=N–C) groups is 1. The number of ether oxygens (including phenoxy) is 1. The summed E-state index contributed by atoms with van der Waals surface area (Å²) in [6.07, 6.45) is 4.12. The molecule has 0 aliphatic carbocycles. The molecule has 30 heavy (non-hydrogen) atoms. The van der Waals surface area contributed by atoms with Crippen molar-refractivity contribution in [2.24, 2.45) is 4.99 Å². The molecule has 4 aromatic rings. The van der Waals surface area contributed by atoms with Gasteiger partial charge in [-0.1, -0.05) is 49.4 Å². The smallest absolute Gasteiger partial charge is 0.119 e. The number of hydrogen-bond acceptors (Lipinski definition) is 2. The minimum absolute atomic E-state index is 0.784. The van der Waals surface area contributed by atoms with Crippen molar-refractivity contribution in [1.82, 2.24) is 4.98 Å². The van der Waals surface area contributed by atoms with Gasteiger partial charge in [-0.05, 0) is 71.8 Å². The quantitative estimate of drug-likeness (QED) is 0.358. The number of aromatic amines is 1. The predicted octanol–water partition coefficient (Wildman–Crippen LogP) is 6.46. The van der Waals surface area contributed by atoms with E-state index in [9.17, 15) is 0 Å². The monoisotopic (exact) mass is 396 g/mol. The van der Waals surface area contributed by atoms with E-state index in [0.717, 1.165) is 42.0 Å². The third kappa shape index (κ3) is 4.30. The van der Waals surface area contributed by atoms with Crippen LogP contribution in [0.5, 0.6) is 5.75 Å². The maximum absolute atomic E-state index is 5.33. The second-order valence-corrected chi connectivity index (χ2v) is 7.57. The topological polar surface area (TPSA) is 37.4 Å². The first-order chi connectivity index (χ1) is 14.7. The van der Waals surface area contributed by atoms with Crippen LogP contribution in [0.3, 0.4) is 0 Å². The Labute approximate surface area is 178 Å². The molecule has 1 N–H and O–H groups in total. The first-order valence-electron chi connectivity index (χ1n) is 10.5. The first kappa shape index (κ1) is 20.0. The lowest BCUT2D eigenvalue weighted by Gasteiger charge is -2.07. The number of nitrogens with one attached hydrogen (secondary N) is 1. The van der Waals surface area contributed by atoms with Crippen LogP contribution in [0.2, 0.25) is 0 Å². The highest BCUT2D eigenvalue weighted by atomic mass is 16.5. The van der Waals surface area contributed by atoms with Crippen molar-refractivity contribution in [3.05, 3.63) is 89.6 Å². The molecule has 0 atom stereocenters. The summed E-state index contributed by atoms with van der Waals surface area (Å²) in [6, 6.07) is 23.4. The minimum atomic E-state index is 0.784. The van der Waals surface area contributed by atoms with Gasteiger partial charge in [0.05, 0.1) is 7.11 Å². The number of nitrogens with zero attached hydrogens (tertiary/aromatic N) is 1. The second kappa shape index (κ2) is 9.00. The maximum Gasteiger partial charge on any atom is 0.119 e. The van der Waals surface area contributed by atoms with E-state index in [1.165, 1.54) is 27.6 Å². The Morgan fingerprint density at radius 1 is 0.967 bits per heavy atom. The van der Waals surface area contributed by atoms with Crippen LogP contribution in [0.15, 0.2) is 77.9 Å². The molecule has 1 heterocycles. The molecule has 0 amide bonds. The van der Waals surface area contributed by atoms with Crippen LogP contribution in [-0.2, 0) is 12.8 Å². The molecule has 4 rings (SSSR count). The molecule has 0 saturated carbocycles. The summed E-state index contributed by atoms with van der Waals surface area (Å²) in [4.78, 5) is 8.21. The number of rotatable bonds is 7. The Morgan fingerprint density at radius 3 is 2.57 bits per heavy atom. The minimum Gasteiger partial charge on any atom is -0.497 e. The Morgan fingerprint density at radius 2 is 1.80 bits per heavy atom. The molecule has 0 spiro atoms. The van der Waals surface area contributed by atoms with Crippen LogP contribution in [0.25, 0.3) is 22.0 Å². The lowest BCUT2D eigenvalue weighted by Crippen LogP contribution is -1.98. The van der Waals surface area contributed by atoms with Gasteiger partial charge >= 0.3 is 0 Å². The molecule has 3 nitrogen and oxygen atoms in total. The molecule has 1 aromatic heterocycles. The third-order valence-corrected chi connectivity index (χ3v) is 5.68. The van der Waals surface area contributed by atoms with Crippen LogP contribution in [0, 0.1) is 0 Å². The van der Waals surface area contributed by atoms with Gasteiger partial charge in [-0.3, -0.25) is 4.99 Å². The second-order valence-electron chi connectivity index (χ2n) is 7.57. The molecule has 0 fully saturated rings. The molecular formula is C27H28N2O. The normalized spacial score (nSPS) is 11.8. The van der Waals surface area contributed by atoms with Gasteiger partial charge in [0.25, 0.3) is 0 Å². The fourth-order valence-corrected chi connectivity index (χ4v) is 3.79. The van der Waals surface area contributed by atoms with Gasteiger partial charge in [0.1, 0.15) is 5.75 Å². The molecule has 3 heteroatoms. The summed E-state index contributed by atoms with van der Waals surface area (Å²) in [5.41, 5.74) is 8.48. The van der Waals surface area contributed by atoms with Gasteiger partial charge in [-0.15, -0.1) is 0 Å². The first-order valence-corrected chi connectivity index (χ1v) is 10.5. The lowest BCUT2D eigenvalue weighted by molar-refractivity contribution is 0.415. The van der Waals surface area contributed by atoms with Gasteiger partial charge in [0, 0.05) is 29.4 Å². The SMILES string of the molecule is CCc1ccc2[nH]cc(CCN=C(C)c3ccc(-c4cccc(OC)c4)cc3)c2c1. The van der Waals surface area contributed by atoms with Crippen molar-refractivity contribution >= 4 is 16.6 Å². The van der Waals surface area contributed by atoms with Gasteiger partial charge in [-0.2, -0.15) is 0 Å². The average molecular weight is 397 g/mol. The number of benzene rings is 3. The molecular weight excluding hydrogens is 368 g/mol. The van der Waals surface area contributed by atoms with E-state index in [0.29, 0.717) is 0 Å². The number of hydrogen-bond donors (Lipinski definition) is 1. The van der Waals surface area contributed by atoms with E-state index in [1.54, 1.807) is 7.11 Å². The van der Waals surface area contributed by atoms with E-state index in [1.807, 2.05) is 12.1 Å². The molecule has 0 aliphatic heterocycles. The van der Waals surface area contributed by atoms with Gasteiger partial charge in [-0.25, -0.2) is 0 Å². The van der Waals surface area contributed by atoms with Crippen molar-refractivity contribution in [3.8, 4) is 16.9 Å². The summed E-state index contributed by atoms with van der Waals surface area (Å²) in [5.74, 6) is 0.873. The zero-order chi connectivity index (χ0) is 20.9. The summed E-state index contributed by atoms with van der Waals surface area (Å²) >= 11 is 0. The van der Waals surface area contributed by atoms with Gasteiger partial charge < -0.3 is 9.72 Å². The Kier molecular flexibility index (Phi) is 5.99. The van der Waals surface area contributed by atoms with E-state index < -0.39 is 0 Å². The fraction of sp³-hybridized carbons (Fsp3) is 0.222. The van der Waals surface area contributed by atoms with Gasteiger partial charge in [0.2, 0.25) is 0 Å². The van der Waals surface area contributed by atoms with E-state index in [-0.39, 0.29) is 0 Å². The molecule has 0 unspecified atom stereocenters. The largest absolute Gasteiger partial charge is 0.497 e. The van der Waals surface area contributed by atoms with E-state index in [2.05, 4.69) is 79.6 Å². The molecule has 0 aliphatic rings. The van der Waals surface area contributed by atoms with Crippen molar-refractivity contribution < 1.29 is 4.74 Å². The zero-order valence-corrected chi connectivity index (χ0v) is 17.9. The summed E-state index contributed by atoms with van der Waals surface area (Å²) in [6.45, 7) is 5.07. The number of H-pyrrole nitrogens is 1. The van der Waals surface area contributed by atoms with E-state index in [4.69, 9.17) is 9.73 Å². The van der Waals surface area contributed by atoms with E-state index >= 15 is 0 Å². The van der Waals surface area contributed by atoms with Crippen LogP contribution >= 0.6 is 0 Å². The highest BCUT2D eigenvalue weighted by Crippen LogP contribution is 2.24. The van der Waals surface area contributed by atoms with Crippen LogP contribution in [0.4, 0.5) is 0 Å². The van der Waals surface area contributed by atoms with Crippen LogP contribution in [-0.4, -0.2) is 24.4 Å². The number of aromatic nitrogens is 1. The van der Waals surface area contributed by atoms with Gasteiger partial charge in [0.15, 0.2) is 0 Å². The Balaban J connectivity index is 1.45. The zero-order valence-electron chi connectivity index (χ0n) is 17.9. The Hall–Kier alpha value is -3.33. The molecule has 0 bridgehead atoms. The fourth-order valence-electron chi connectivity index (χ4n) is 3.79. The van der Waals surface area contributed by atoms with Crippen LogP contribution in [0.1, 0.15) is 30.5 Å². The highest BCUT2D eigenvalue weighted by Gasteiger charge is 2.05. The summed E-state index contributed by atoms with van der Waals surface area (Å²) < 4.78 is 5.33. The molecule has 0 saturated heterocycles. The summed E-state index contributed by atoms with van der Waals surface area (Å²) in [5, 5.41) is 1.32. The van der Waals surface area contributed by atoms with Crippen molar-refractivity contribution in [3.63, 3.8) is 0 Å². The number of methoxy groups -OCH3 is 1. The molecule has 3 aromatic carbocycles. The van der Waals surface area contributed by atoms with Crippen molar-refractivity contribution in [2.75, 3.05) is 13.7 Å². The number of aryl methyl sites for hydroxylation is 1. The Bertz CT molecular complexity index is 1170. The average Bonchev–Trinajstić information content (AvgIpc) is 3.21. The highest BCUT2D eigenvalue weighted by molar-refractivity contribution is 5.99. The lowest BCUT2D eigenvalue weighted by atomic mass is 10.0. The standard InChI is InChI=1S/C27H28N2O/c1-4-20-8-13-27-26(16-20)24(18-29-27)14-15-28-19(2)21-9-11-22(12-10-21)23-6-5-7-25(17-23)30-3/h5-13,16-18,29H,4,14-15H2,1-3H3. The van der Waals surface area contributed by atoms with Crippen LogP contribution < -0.4 is 4.74 Å².